The van der Waals surface area contributed by atoms with E-state index in [2.05, 4.69) is 86.6 Å². The quantitative estimate of drug-likeness (QED) is 0.0894. The van der Waals surface area contributed by atoms with E-state index in [1.807, 2.05) is 24.3 Å². The molecule has 0 aliphatic heterocycles. The first kappa shape index (κ1) is 35.8. The fourth-order valence-electron chi connectivity index (χ4n) is 5.44. The van der Waals surface area contributed by atoms with E-state index in [0.717, 1.165) is 22.4 Å². The van der Waals surface area contributed by atoms with Crippen LogP contribution in [0.15, 0.2) is 121 Å². The van der Waals surface area contributed by atoms with Gasteiger partial charge in [-0.2, -0.15) is 0 Å². The van der Waals surface area contributed by atoms with Crippen LogP contribution in [-0.4, -0.2) is 34.0 Å². The molecule has 0 radical (unpaired) electrons. The van der Waals surface area contributed by atoms with Crippen molar-refractivity contribution in [2.45, 2.75) is 25.9 Å². The summed E-state index contributed by atoms with van der Waals surface area (Å²) in [7, 11) is -10.4. The fourth-order valence-corrected chi connectivity index (χ4v) is 10.2. The minimum absolute atomic E-state index is 0.00340. The summed E-state index contributed by atoms with van der Waals surface area (Å²) in [5.74, 6) is 0.00953. The molecular formula is C35H35BF5N2O2PS. The molecule has 5 aromatic rings. The van der Waals surface area contributed by atoms with Gasteiger partial charge in [0.05, 0.1) is 11.9 Å². The van der Waals surface area contributed by atoms with Crippen LogP contribution in [0.1, 0.15) is 31.0 Å². The van der Waals surface area contributed by atoms with Gasteiger partial charge in [0.25, 0.3) is 0 Å². The molecule has 0 unspecified atom stereocenters. The van der Waals surface area contributed by atoms with Crippen molar-refractivity contribution in [3.8, 4) is 11.1 Å². The topological polar surface area (TPSA) is 50.3 Å². The average Bonchev–Trinajstić information content (AvgIpc) is 3.03. The Kier molecular flexibility index (Phi) is 11.3. The second-order valence-electron chi connectivity index (χ2n) is 11.3. The van der Waals surface area contributed by atoms with Crippen LogP contribution in [0.3, 0.4) is 0 Å². The molecule has 0 aliphatic carbocycles. The lowest BCUT2D eigenvalue weighted by Crippen LogP contribution is -2.33. The highest BCUT2D eigenvalue weighted by Gasteiger charge is 2.46. The van der Waals surface area contributed by atoms with Crippen LogP contribution >= 0.6 is 7.26 Å². The van der Waals surface area contributed by atoms with E-state index in [1.54, 1.807) is 12.1 Å². The summed E-state index contributed by atoms with van der Waals surface area (Å²) in [5.41, 5.74) is 3.53. The van der Waals surface area contributed by atoms with Crippen LogP contribution in [0, 0.1) is 5.82 Å². The largest absolute Gasteiger partial charge is 0.673 e. The maximum absolute atomic E-state index is 14.1. The predicted octanol–water partition coefficient (Wildman–Crippen LogP) is 8.20. The van der Waals surface area contributed by atoms with Gasteiger partial charge in [-0.1, -0.05) is 80.6 Å². The predicted molar refractivity (Wildman–Crippen MR) is 186 cm³/mol. The molecule has 0 aliphatic rings. The summed E-state index contributed by atoms with van der Waals surface area (Å²) >= 11 is 0. The van der Waals surface area contributed by atoms with Crippen LogP contribution in [0.5, 0.6) is 0 Å². The fraction of sp³-hybridized carbons (Fsp3) is 0.171. The minimum Gasteiger partial charge on any atom is -0.418 e. The lowest BCUT2D eigenvalue weighted by molar-refractivity contribution is 0.368. The molecule has 12 heteroatoms. The molecular weight excluding hydrogens is 649 g/mol. The van der Waals surface area contributed by atoms with Crippen molar-refractivity contribution in [2.75, 3.05) is 17.6 Å². The van der Waals surface area contributed by atoms with Crippen molar-refractivity contribution in [2.24, 2.45) is 0 Å². The summed E-state index contributed by atoms with van der Waals surface area (Å²) in [6.45, 7) is 4.16. The van der Waals surface area contributed by atoms with Gasteiger partial charge in [0, 0.05) is 12.6 Å². The molecule has 0 N–H and O–H groups in total. The van der Waals surface area contributed by atoms with Crippen LogP contribution in [-0.2, 0) is 16.2 Å². The number of nitrogens with zero attached hydrogens (tertiary/aromatic N) is 2. The van der Waals surface area contributed by atoms with Crippen LogP contribution in [0.25, 0.3) is 11.1 Å². The Balaban J connectivity index is 0.000000930. The normalized spacial score (nSPS) is 12.0. The molecule has 4 nitrogen and oxygen atoms in total. The maximum atomic E-state index is 14.1. The van der Waals surface area contributed by atoms with Gasteiger partial charge in [-0.05, 0) is 71.6 Å². The number of anilines is 1. The van der Waals surface area contributed by atoms with Gasteiger partial charge < -0.3 is 17.3 Å². The SMILES string of the molecule is CC(C)c1nc(N(C)S(C)(=O)=O)cc(-c2ccc(F)cc2)c1C[P+](c1ccccc1)(c1ccccc1)c1ccccc1.F[B-](F)(F)F. The number of hydrogen-bond donors (Lipinski definition) is 0. The van der Waals surface area contributed by atoms with Crippen molar-refractivity contribution in [1.82, 2.24) is 4.98 Å². The van der Waals surface area contributed by atoms with Crippen LogP contribution in [0.4, 0.5) is 27.5 Å². The Labute approximate surface area is 273 Å². The molecule has 1 heterocycles. The van der Waals surface area contributed by atoms with Crippen molar-refractivity contribution in [3.05, 3.63) is 138 Å². The third kappa shape index (κ3) is 8.84. The Morgan fingerprint density at radius 2 is 1.15 bits per heavy atom. The Bertz CT molecular complexity index is 1780. The van der Waals surface area contributed by atoms with Crippen LogP contribution < -0.4 is 20.2 Å². The molecule has 246 valence electrons. The molecule has 5 rings (SSSR count). The first-order valence-electron chi connectivity index (χ1n) is 14.8. The maximum Gasteiger partial charge on any atom is 0.673 e. The van der Waals surface area contributed by atoms with E-state index in [0.29, 0.717) is 12.0 Å². The Morgan fingerprint density at radius 3 is 1.51 bits per heavy atom. The highest BCUT2D eigenvalue weighted by Crippen LogP contribution is 2.59. The number of pyridine rings is 1. The molecule has 1 aromatic heterocycles. The van der Waals surface area contributed by atoms with Gasteiger partial charge in [-0.15, -0.1) is 0 Å². The zero-order chi connectivity index (χ0) is 34.4. The summed E-state index contributed by atoms with van der Waals surface area (Å²) in [4.78, 5) is 5.00. The standard InChI is InChI=1S/C35H35FN2O2PS.BF4/c1-26(2)35-33(32(27-20-22-28(36)23-21-27)24-34(37-35)38(3)42(4,39)40)25-41(29-14-8-5-9-15-29,30-16-10-6-11-17-30)31-18-12-7-13-19-31;2-1(3,4)5/h5-24,26H,25H2,1-4H3;/q+1;-1. The van der Waals surface area contributed by atoms with Gasteiger partial charge in [-0.3, -0.25) is 4.31 Å². The zero-order valence-electron chi connectivity index (χ0n) is 26.4. The van der Waals surface area contributed by atoms with E-state index in [-0.39, 0.29) is 11.7 Å². The summed E-state index contributed by atoms with van der Waals surface area (Å²) < 4.78 is 79.6. The highest BCUT2D eigenvalue weighted by atomic mass is 32.2. The lowest BCUT2D eigenvalue weighted by Gasteiger charge is -2.30. The average molecular weight is 685 g/mol. The van der Waals surface area contributed by atoms with E-state index in [9.17, 15) is 30.1 Å². The molecule has 0 amide bonds. The summed E-state index contributed by atoms with van der Waals surface area (Å²) in [6, 6.07) is 40.1. The number of aromatic nitrogens is 1. The first-order valence-corrected chi connectivity index (χ1v) is 18.6. The third-order valence-electron chi connectivity index (χ3n) is 7.65. The number of rotatable bonds is 9. The second-order valence-corrected chi connectivity index (χ2v) is 16.8. The molecule has 0 bridgehead atoms. The summed E-state index contributed by atoms with van der Waals surface area (Å²) in [5, 5.41) is 3.71. The van der Waals surface area contributed by atoms with E-state index < -0.39 is 24.5 Å². The highest BCUT2D eigenvalue weighted by molar-refractivity contribution is 7.95. The van der Waals surface area contributed by atoms with Gasteiger partial charge in [0.1, 0.15) is 41.0 Å². The number of benzene rings is 4. The summed E-state index contributed by atoms with van der Waals surface area (Å²) in [6.07, 6.45) is 1.83. The minimum atomic E-state index is -6.00. The second kappa shape index (κ2) is 14.8. The third-order valence-corrected chi connectivity index (χ3v) is 13.2. The molecule has 0 atom stereocenters. The zero-order valence-corrected chi connectivity index (χ0v) is 28.1. The molecule has 0 fully saturated rings. The van der Waals surface area contributed by atoms with Crippen molar-refractivity contribution in [3.63, 3.8) is 0 Å². The van der Waals surface area contributed by atoms with Gasteiger partial charge >= 0.3 is 7.25 Å². The number of hydrogen-bond acceptors (Lipinski definition) is 3. The number of sulfonamides is 1. The van der Waals surface area contributed by atoms with Gasteiger partial charge in [-0.25, -0.2) is 17.8 Å². The smallest absolute Gasteiger partial charge is 0.418 e. The van der Waals surface area contributed by atoms with Crippen molar-refractivity contribution >= 4 is 46.3 Å². The van der Waals surface area contributed by atoms with Crippen molar-refractivity contribution < 1.29 is 30.1 Å². The monoisotopic (exact) mass is 684 g/mol. The van der Waals surface area contributed by atoms with Gasteiger partial charge in [0.2, 0.25) is 10.0 Å². The van der Waals surface area contributed by atoms with E-state index in [1.165, 1.54) is 45.7 Å². The van der Waals surface area contributed by atoms with E-state index in [4.69, 9.17) is 4.98 Å². The number of halogens is 5. The lowest BCUT2D eigenvalue weighted by atomic mass is 9.95. The molecule has 47 heavy (non-hydrogen) atoms. The Hall–Kier alpha value is -4.08. The molecule has 0 saturated carbocycles. The van der Waals surface area contributed by atoms with E-state index >= 15 is 0 Å². The first-order chi connectivity index (χ1) is 22.1. The van der Waals surface area contributed by atoms with Crippen LogP contribution in [0.2, 0.25) is 0 Å². The molecule has 0 saturated heterocycles. The van der Waals surface area contributed by atoms with Gasteiger partial charge in [0.15, 0.2) is 0 Å². The molecule has 0 spiro atoms. The Morgan fingerprint density at radius 1 is 0.745 bits per heavy atom. The molecule has 4 aromatic carbocycles. The van der Waals surface area contributed by atoms with Crippen molar-refractivity contribution in [1.29, 1.82) is 0 Å².